The van der Waals surface area contributed by atoms with Gasteiger partial charge in [0.05, 0.1) is 13.0 Å². The van der Waals surface area contributed by atoms with Gasteiger partial charge in [0.25, 0.3) is 0 Å². The maximum atomic E-state index is 12.8. The van der Waals surface area contributed by atoms with Crippen LogP contribution in [0.3, 0.4) is 0 Å². The Bertz CT molecular complexity index is 724. The van der Waals surface area contributed by atoms with E-state index in [2.05, 4.69) is 24.3 Å². The molecule has 5 rings (SSSR count). The minimum atomic E-state index is -0.0983. The van der Waals surface area contributed by atoms with Crippen LogP contribution in [0.25, 0.3) is 0 Å². The van der Waals surface area contributed by atoms with E-state index in [1.165, 1.54) is 24.0 Å². The molecule has 1 heterocycles. The van der Waals surface area contributed by atoms with Gasteiger partial charge >= 0.3 is 5.97 Å². The van der Waals surface area contributed by atoms with E-state index < -0.39 is 0 Å². The normalized spacial score (nSPS) is 35.6. The lowest BCUT2D eigenvalue weighted by atomic mass is 9.61. The van der Waals surface area contributed by atoms with E-state index in [-0.39, 0.29) is 23.2 Å². The molecule has 4 aliphatic rings. The number of amides is 1. The molecule has 1 aromatic carbocycles. The predicted molar refractivity (Wildman–Crippen MR) is 97.7 cm³/mol. The van der Waals surface area contributed by atoms with Gasteiger partial charge < -0.3 is 9.64 Å². The van der Waals surface area contributed by atoms with Gasteiger partial charge in [-0.3, -0.25) is 9.59 Å². The molecule has 1 aromatic rings. The van der Waals surface area contributed by atoms with E-state index in [0.29, 0.717) is 25.0 Å². The van der Waals surface area contributed by atoms with Crippen LogP contribution in [0.15, 0.2) is 24.3 Å². The minimum absolute atomic E-state index is 0.0241. The molecule has 4 nitrogen and oxygen atoms in total. The second-order valence-electron chi connectivity index (χ2n) is 9.15. The summed E-state index contributed by atoms with van der Waals surface area (Å²) in [6.07, 6.45) is 6.99. The first-order chi connectivity index (χ1) is 12.5. The van der Waals surface area contributed by atoms with Crippen molar-refractivity contribution in [2.24, 2.45) is 11.3 Å². The summed E-state index contributed by atoms with van der Waals surface area (Å²) in [4.78, 5) is 26.1. The lowest BCUT2D eigenvalue weighted by Crippen LogP contribution is -2.51. The van der Waals surface area contributed by atoms with E-state index in [1.54, 1.807) is 0 Å². The lowest BCUT2D eigenvalue weighted by molar-refractivity contribution is -0.146. The van der Waals surface area contributed by atoms with Crippen LogP contribution >= 0.6 is 0 Å². The van der Waals surface area contributed by atoms with E-state index in [0.717, 1.165) is 31.6 Å². The van der Waals surface area contributed by atoms with Crippen molar-refractivity contribution in [2.45, 2.75) is 62.8 Å². The topological polar surface area (TPSA) is 46.6 Å². The Morgan fingerprint density at radius 3 is 2.23 bits per heavy atom. The number of carbonyl (C=O) groups excluding carboxylic acids is 2. The molecule has 0 N–H and O–H groups in total. The van der Waals surface area contributed by atoms with Gasteiger partial charge in [-0.2, -0.15) is 0 Å². The summed E-state index contributed by atoms with van der Waals surface area (Å²) in [6.45, 7) is 0.516. The Balaban J connectivity index is 1.12. The summed E-state index contributed by atoms with van der Waals surface area (Å²) in [7, 11) is 1.96. The third kappa shape index (κ3) is 2.74. The molecule has 4 fully saturated rings. The van der Waals surface area contributed by atoms with E-state index in [9.17, 15) is 9.59 Å². The molecule has 1 amide bonds. The highest BCUT2D eigenvalue weighted by Crippen LogP contribution is 2.52. The van der Waals surface area contributed by atoms with Crippen molar-refractivity contribution in [1.29, 1.82) is 0 Å². The molecule has 0 aromatic heterocycles. The van der Waals surface area contributed by atoms with Gasteiger partial charge in [-0.05, 0) is 61.5 Å². The highest BCUT2D eigenvalue weighted by Gasteiger charge is 2.53. The van der Waals surface area contributed by atoms with Gasteiger partial charge in [0.15, 0.2) is 0 Å². The molecule has 0 atom stereocenters. The van der Waals surface area contributed by atoms with Gasteiger partial charge in [0, 0.05) is 24.4 Å². The van der Waals surface area contributed by atoms with Crippen molar-refractivity contribution in [2.75, 3.05) is 13.7 Å². The van der Waals surface area contributed by atoms with Crippen LogP contribution in [0.2, 0.25) is 0 Å². The van der Waals surface area contributed by atoms with Gasteiger partial charge in [-0.1, -0.05) is 24.3 Å². The average molecular weight is 353 g/mol. The second-order valence-corrected chi connectivity index (χ2v) is 9.15. The number of rotatable bonds is 4. The molecule has 3 saturated carbocycles. The fourth-order valence-corrected chi connectivity index (χ4v) is 5.17. The molecule has 0 bridgehead atoms. The number of esters is 1. The van der Waals surface area contributed by atoms with Crippen LogP contribution < -0.4 is 0 Å². The summed E-state index contributed by atoms with van der Waals surface area (Å²) < 4.78 is 5.11. The van der Waals surface area contributed by atoms with Gasteiger partial charge in [0.2, 0.25) is 5.91 Å². The Labute approximate surface area is 154 Å². The first-order valence-electron chi connectivity index (χ1n) is 10.1. The molecule has 1 spiro atoms. The number of hydrogen-bond acceptors (Lipinski definition) is 3. The molecule has 0 radical (unpaired) electrons. The maximum Gasteiger partial charge on any atom is 0.306 e. The van der Waals surface area contributed by atoms with Crippen molar-refractivity contribution in [3.8, 4) is 0 Å². The molecular formula is C22H27NO3. The molecule has 0 unspecified atom stereocenters. The molecule has 138 valence electrons. The fourth-order valence-electron chi connectivity index (χ4n) is 5.17. The second kappa shape index (κ2) is 5.83. The fraction of sp³-hybridized carbons (Fsp3) is 0.636. The molecule has 1 saturated heterocycles. The largest absolute Gasteiger partial charge is 0.465 e. The summed E-state index contributed by atoms with van der Waals surface area (Å²) in [5, 5.41) is 0. The van der Waals surface area contributed by atoms with Gasteiger partial charge in [-0.25, -0.2) is 0 Å². The first-order valence-corrected chi connectivity index (χ1v) is 10.1. The van der Waals surface area contributed by atoms with Crippen LogP contribution in [0.5, 0.6) is 0 Å². The van der Waals surface area contributed by atoms with Crippen LogP contribution in [-0.4, -0.2) is 36.5 Å². The quantitative estimate of drug-likeness (QED) is 0.777. The van der Waals surface area contributed by atoms with Gasteiger partial charge in [-0.15, -0.1) is 0 Å². The van der Waals surface area contributed by atoms with Crippen LogP contribution in [0, 0.1) is 11.3 Å². The standard InChI is InChI=1S/C22H27NO3/c1-23(21(25)18-10-22(11-18)12-20(24)26-13-22)19-8-17(9-19)16-6-4-15(5-7-16)14-2-3-14/h4-7,14,17-19H,2-3,8-13H2,1H3. The Hall–Kier alpha value is -1.84. The third-order valence-corrected chi connectivity index (χ3v) is 7.23. The number of nitrogens with zero attached hydrogens (tertiary/aromatic N) is 1. The lowest BCUT2D eigenvalue weighted by Gasteiger charge is -2.47. The zero-order chi connectivity index (χ0) is 17.9. The average Bonchev–Trinajstić information content (AvgIpc) is 3.34. The predicted octanol–water partition coefficient (Wildman–Crippen LogP) is 3.61. The first kappa shape index (κ1) is 16.3. The zero-order valence-corrected chi connectivity index (χ0v) is 15.4. The van der Waals surface area contributed by atoms with Crippen molar-refractivity contribution >= 4 is 11.9 Å². The van der Waals surface area contributed by atoms with Crippen molar-refractivity contribution in [3.63, 3.8) is 0 Å². The summed E-state index contributed by atoms with van der Waals surface area (Å²) in [5.41, 5.74) is 2.89. The molecule has 26 heavy (non-hydrogen) atoms. The monoisotopic (exact) mass is 353 g/mol. The minimum Gasteiger partial charge on any atom is -0.465 e. The van der Waals surface area contributed by atoms with Crippen molar-refractivity contribution in [3.05, 3.63) is 35.4 Å². The molecule has 3 aliphatic carbocycles. The highest BCUT2D eigenvalue weighted by atomic mass is 16.5. The molecular weight excluding hydrogens is 326 g/mol. The maximum absolute atomic E-state index is 12.8. The van der Waals surface area contributed by atoms with E-state index >= 15 is 0 Å². The van der Waals surface area contributed by atoms with Crippen LogP contribution in [-0.2, 0) is 14.3 Å². The van der Waals surface area contributed by atoms with Crippen LogP contribution in [0.1, 0.15) is 67.9 Å². The Morgan fingerprint density at radius 1 is 1.08 bits per heavy atom. The summed E-state index contributed by atoms with van der Waals surface area (Å²) in [5.74, 6) is 1.66. The molecule has 4 heteroatoms. The van der Waals surface area contributed by atoms with Crippen LogP contribution in [0.4, 0.5) is 0 Å². The van der Waals surface area contributed by atoms with Crippen molar-refractivity contribution in [1.82, 2.24) is 4.90 Å². The number of benzene rings is 1. The number of cyclic esters (lactones) is 1. The Kier molecular flexibility index (Phi) is 3.67. The smallest absolute Gasteiger partial charge is 0.306 e. The van der Waals surface area contributed by atoms with Gasteiger partial charge in [0.1, 0.15) is 0 Å². The molecule has 1 aliphatic heterocycles. The SMILES string of the molecule is CN(C(=O)C1CC2(COC(=O)C2)C1)C1CC(c2ccc(C3CC3)cc2)C1. The van der Waals surface area contributed by atoms with Crippen molar-refractivity contribution < 1.29 is 14.3 Å². The number of carbonyl (C=O) groups is 2. The summed E-state index contributed by atoms with van der Waals surface area (Å²) >= 11 is 0. The number of hydrogen-bond donors (Lipinski definition) is 0. The Morgan fingerprint density at radius 2 is 1.69 bits per heavy atom. The highest BCUT2D eigenvalue weighted by molar-refractivity contribution is 5.81. The summed E-state index contributed by atoms with van der Waals surface area (Å²) in [6, 6.07) is 9.56. The zero-order valence-electron chi connectivity index (χ0n) is 15.4. The van der Waals surface area contributed by atoms with E-state index in [4.69, 9.17) is 4.74 Å². The van der Waals surface area contributed by atoms with E-state index in [1.807, 2.05) is 11.9 Å². The third-order valence-electron chi connectivity index (χ3n) is 7.23. The number of ether oxygens (including phenoxy) is 1.